The molecular formula is C13H19N3O4. The first-order valence-electron chi connectivity index (χ1n) is 6.31. The lowest BCUT2D eigenvalue weighted by Gasteiger charge is -2.16. The minimum absolute atomic E-state index is 0.0290. The number of carboxylic acid groups (broad SMARTS) is 1. The quantitative estimate of drug-likeness (QED) is 0.675. The molecule has 0 aliphatic heterocycles. The maximum atomic E-state index is 12.1. The van der Waals surface area contributed by atoms with Gasteiger partial charge in [0.2, 0.25) is 5.91 Å². The number of aromatic nitrogens is 1. The van der Waals surface area contributed by atoms with Gasteiger partial charge in [0.05, 0.1) is 0 Å². The second kappa shape index (κ2) is 6.74. The number of hydrogen-bond donors (Lipinski definition) is 3. The van der Waals surface area contributed by atoms with E-state index in [4.69, 9.17) is 10.8 Å². The molecule has 1 atom stereocenters. The highest BCUT2D eigenvalue weighted by Crippen LogP contribution is 2.11. The molecule has 2 amide bonds. The molecule has 0 radical (unpaired) electrons. The Hall–Kier alpha value is -2.31. The number of primary amides is 1. The van der Waals surface area contributed by atoms with Gasteiger partial charge in [0.15, 0.2) is 0 Å². The summed E-state index contributed by atoms with van der Waals surface area (Å²) >= 11 is 0. The Morgan fingerprint density at radius 2 is 2.05 bits per heavy atom. The Morgan fingerprint density at radius 1 is 1.40 bits per heavy atom. The number of aliphatic carboxylic acids is 1. The molecule has 0 fully saturated rings. The number of nitrogens with zero attached hydrogens (tertiary/aromatic N) is 1. The zero-order chi connectivity index (χ0) is 15.3. The predicted molar refractivity (Wildman–Crippen MR) is 72.1 cm³/mol. The molecule has 7 nitrogen and oxygen atoms in total. The van der Waals surface area contributed by atoms with Crippen molar-refractivity contribution in [2.45, 2.75) is 38.8 Å². The first-order chi connectivity index (χ1) is 9.32. The monoisotopic (exact) mass is 281 g/mol. The number of hydrogen-bond acceptors (Lipinski definition) is 3. The molecule has 20 heavy (non-hydrogen) atoms. The number of carbonyl (C=O) groups excluding carboxylic acids is 2. The molecule has 1 aromatic rings. The Bertz CT molecular complexity index is 507. The average Bonchev–Trinajstić information content (AvgIpc) is 2.82. The molecule has 0 unspecified atom stereocenters. The molecular weight excluding hydrogens is 262 g/mol. The second-order valence-corrected chi connectivity index (χ2v) is 4.76. The highest BCUT2D eigenvalue weighted by molar-refractivity contribution is 5.95. The van der Waals surface area contributed by atoms with Crippen molar-refractivity contribution in [2.75, 3.05) is 0 Å². The van der Waals surface area contributed by atoms with Gasteiger partial charge in [0, 0.05) is 18.7 Å². The van der Waals surface area contributed by atoms with E-state index in [2.05, 4.69) is 5.32 Å². The Balaban J connectivity index is 2.77. The van der Waals surface area contributed by atoms with Crippen molar-refractivity contribution < 1.29 is 19.5 Å². The largest absolute Gasteiger partial charge is 0.480 e. The van der Waals surface area contributed by atoms with E-state index in [1.165, 1.54) is 0 Å². The average molecular weight is 281 g/mol. The van der Waals surface area contributed by atoms with Gasteiger partial charge in [-0.3, -0.25) is 9.59 Å². The summed E-state index contributed by atoms with van der Waals surface area (Å²) in [5, 5.41) is 11.4. The molecule has 4 N–H and O–H groups in total. The van der Waals surface area contributed by atoms with Gasteiger partial charge >= 0.3 is 5.97 Å². The third kappa shape index (κ3) is 4.11. The topological polar surface area (TPSA) is 114 Å². The van der Waals surface area contributed by atoms with Gasteiger partial charge in [-0.05, 0) is 32.4 Å². The van der Waals surface area contributed by atoms with Gasteiger partial charge in [-0.15, -0.1) is 0 Å². The van der Waals surface area contributed by atoms with Crippen molar-refractivity contribution in [1.29, 1.82) is 0 Å². The first-order valence-corrected chi connectivity index (χ1v) is 6.31. The fraction of sp³-hybridized carbons (Fsp3) is 0.462. The van der Waals surface area contributed by atoms with Crippen LogP contribution < -0.4 is 11.1 Å². The highest BCUT2D eigenvalue weighted by atomic mass is 16.4. The maximum absolute atomic E-state index is 12.1. The zero-order valence-corrected chi connectivity index (χ0v) is 11.5. The summed E-state index contributed by atoms with van der Waals surface area (Å²) in [6.07, 6.45) is 1.62. The van der Waals surface area contributed by atoms with Crippen LogP contribution in [-0.4, -0.2) is 33.5 Å². The number of rotatable bonds is 7. The summed E-state index contributed by atoms with van der Waals surface area (Å²) in [6, 6.07) is 2.28. The van der Waals surface area contributed by atoms with E-state index in [9.17, 15) is 14.4 Å². The van der Waals surface area contributed by atoms with Crippen molar-refractivity contribution in [3.05, 3.63) is 24.0 Å². The van der Waals surface area contributed by atoms with E-state index in [0.29, 0.717) is 5.69 Å². The minimum atomic E-state index is -1.19. The Morgan fingerprint density at radius 3 is 2.55 bits per heavy atom. The van der Waals surface area contributed by atoms with Gasteiger partial charge in [-0.2, -0.15) is 0 Å². The number of carbonyl (C=O) groups is 3. The summed E-state index contributed by atoms with van der Waals surface area (Å²) in [7, 11) is 0. The van der Waals surface area contributed by atoms with Crippen molar-refractivity contribution in [2.24, 2.45) is 5.73 Å². The SMILES string of the molecule is CC(C)n1cccc1C(=O)N[C@H](CCC(N)=O)C(=O)O. The summed E-state index contributed by atoms with van der Waals surface area (Å²) in [5.41, 5.74) is 5.36. The summed E-state index contributed by atoms with van der Waals surface area (Å²) in [5.74, 6) is -2.28. The van der Waals surface area contributed by atoms with Crippen LogP contribution >= 0.6 is 0 Å². The molecule has 1 aromatic heterocycles. The van der Waals surface area contributed by atoms with Crippen molar-refractivity contribution in [3.63, 3.8) is 0 Å². The second-order valence-electron chi connectivity index (χ2n) is 4.76. The fourth-order valence-electron chi connectivity index (χ4n) is 1.81. The molecule has 0 aliphatic carbocycles. The first kappa shape index (κ1) is 15.7. The van der Waals surface area contributed by atoms with Crippen LogP contribution in [0.25, 0.3) is 0 Å². The number of amides is 2. The van der Waals surface area contributed by atoms with Crippen LogP contribution in [0.1, 0.15) is 43.2 Å². The maximum Gasteiger partial charge on any atom is 0.326 e. The number of nitrogens with two attached hydrogens (primary N) is 1. The third-order valence-electron chi connectivity index (χ3n) is 2.85. The number of carboxylic acids is 1. The van der Waals surface area contributed by atoms with Crippen LogP contribution in [0.3, 0.4) is 0 Å². The molecule has 1 rings (SSSR count). The van der Waals surface area contributed by atoms with Crippen LogP contribution in [0.2, 0.25) is 0 Å². The van der Waals surface area contributed by atoms with E-state index >= 15 is 0 Å². The summed E-state index contributed by atoms with van der Waals surface area (Å²) in [6.45, 7) is 3.83. The van der Waals surface area contributed by atoms with Crippen LogP contribution in [0.15, 0.2) is 18.3 Å². The molecule has 0 aliphatic rings. The smallest absolute Gasteiger partial charge is 0.326 e. The van der Waals surface area contributed by atoms with Crippen molar-refractivity contribution in [1.82, 2.24) is 9.88 Å². The Labute approximate surface area is 116 Å². The summed E-state index contributed by atoms with van der Waals surface area (Å²) < 4.78 is 1.74. The molecule has 0 aromatic carbocycles. The van der Waals surface area contributed by atoms with E-state index in [-0.39, 0.29) is 18.9 Å². The molecule has 0 spiro atoms. The van der Waals surface area contributed by atoms with Crippen LogP contribution in [0, 0.1) is 0 Å². The molecule has 110 valence electrons. The predicted octanol–water partition coefficient (Wildman–Crippen LogP) is 0.517. The number of nitrogens with one attached hydrogen (secondary N) is 1. The summed E-state index contributed by atoms with van der Waals surface area (Å²) in [4.78, 5) is 33.8. The van der Waals surface area contributed by atoms with Crippen LogP contribution in [0.4, 0.5) is 0 Å². The van der Waals surface area contributed by atoms with Gasteiger partial charge in [-0.1, -0.05) is 0 Å². The fourth-order valence-corrected chi connectivity index (χ4v) is 1.81. The lowest BCUT2D eigenvalue weighted by Crippen LogP contribution is -2.42. The lowest BCUT2D eigenvalue weighted by atomic mass is 10.1. The molecule has 0 saturated heterocycles. The van der Waals surface area contributed by atoms with Gasteiger partial charge < -0.3 is 20.7 Å². The van der Waals surface area contributed by atoms with Gasteiger partial charge in [0.25, 0.3) is 5.91 Å². The van der Waals surface area contributed by atoms with E-state index in [1.54, 1.807) is 22.9 Å². The molecule has 0 saturated carbocycles. The van der Waals surface area contributed by atoms with E-state index in [1.807, 2.05) is 13.8 Å². The van der Waals surface area contributed by atoms with Crippen LogP contribution in [-0.2, 0) is 9.59 Å². The third-order valence-corrected chi connectivity index (χ3v) is 2.85. The minimum Gasteiger partial charge on any atom is -0.480 e. The van der Waals surface area contributed by atoms with Gasteiger partial charge in [0.1, 0.15) is 11.7 Å². The normalized spacial score (nSPS) is 12.2. The standard InChI is InChI=1S/C13H19N3O4/c1-8(2)16-7-3-4-10(16)12(18)15-9(13(19)20)5-6-11(14)17/h3-4,7-9H,5-6H2,1-2H3,(H2,14,17)(H,15,18)(H,19,20)/t9-/m1/s1. The zero-order valence-electron chi connectivity index (χ0n) is 11.5. The van der Waals surface area contributed by atoms with Crippen molar-refractivity contribution >= 4 is 17.8 Å². The molecule has 0 bridgehead atoms. The van der Waals surface area contributed by atoms with E-state index in [0.717, 1.165) is 0 Å². The molecule has 1 heterocycles. The highest BCUT2D eigenvalue weighted by Gasteiger charge is 2.22. The van der Waals surface area contributed by atoms with Gasteiger partial charge in [-0.25, -0.2) is 4.79 Å². The van der Waals surface area contributed by atoms with Crippen molar-refractivity contribution in [3.8, 4) is 0 Å². The van der Waals surface area contributed by atoms with Crippen LogP contribution in [0.5, 0.6) is 0 Å². The molecule has 7 heteroatoms. The lowest BCUT2D eigenvalue weighted by molar-refractivity contribution is -0.139. The Kier molecular flexibility index (Phi) is 5.31. The van der Waals surface area contributed by atoms with E-state index < -0.39 is 23.8 Å².